The lowest BCUT2D eigenvalue weighted by molar-refractivity contribution is -0.142. The maximum Gasteiger partial charge on any atom is 0.306 e. The predicted molar refractivity (Wildman–Crippen MR) is 91.7 cm³/mol. The second kappa shape index (κ2) is 7.58. The highest BCUT2D eigenvalue weighted by Crippen LogP contribution is 2.31. The van der Waals surface area contributed by atoms with E-state index < -0.39 is 5.97 Å². The first-order valence-electron chi connectivity index (χ1n) is 8.48. The van der Waals surface area contributed by atoms with Crippen LogP contribution in [-0.4, -0.2) is 16.9 Å². The molecule has 1 aliphatic rings. The summed E-state index contributed by atoms with van der Waals surface area (Å²) in [6, 6.07) is 5.89. The normalized spacial score (nSPS) is 22.0. The van der Waals surface area contributed by atoms with Gasteiger partial charge in [0.1, 0.15) is 0 Å². The van der Waals surface area contributed by atoms with E-state index >= 15 is 0 Å². The van der Waals surface area contributed by atoms with E-state index in [0.717, 1.165) is 41.5 Å². The van der Waals surface area contributed by atoms with Gasteiger partial charge in [0.2, 0.25) is 0 Å². The third kappa shape index (κ3) is 4.10. The van der Waals surface area contributed by atoms with Crippen LogP contribution in [0, 0.1) is 18.8 Å². The molecule has 0 saturated heterocycles. The first kappa shape index (κ1) is 17.5. The van der Waals surface area contributed by atoms with Crippen LogP contribution in [0.2, 0.25) is 0 Å². The number of hydrogen-bond donors (Lipinski definition) is 1. The molecule has 3 nitrogen and oxygen atoms in total. The molecule has 1 N–H and O–H groups in total. The summed E-state index contributed by atoms with van der Waals surface area (Å²) in [5, 5.41) is 9.06. The molecule has 23 heavy (non-hydrogen) atoms. The third-order valence-electron chi connectivity index (χ3n) is 4.97. The maximum absolute atomic E-state index is 12.8. The monoisotopic (exact) mass is 314 g/mol. The molecule has 0 amide bonds. The quantitative estimate of drug-likeness (QED) is 0.639. The van der Waals surface area contributed by atoms with Crippen molar-refractivity contribution >= 4 is 11.8 Å². The zero-order chi connectivity index (χ0) is 17.0. The number of benzene rings is 1. The largest absolute Gasteiger partial charge is 0.481 e. The number of carboxylic acids is 1. The number of carbonyl (C=O) groups excluding carboxylic acids is 1. The number of carboxylic acid groups (broad SMARTS) is 1. The number of hydrogen-bond acceptors (Lipinski definition) is 2. The molecule has 1 aliphatic carbocycles. The van der Waals surface area contributed by atoms with Crippen molar-refractivity contribution < 1.29 is 14.7 Å². The topological polar surface area (TPSA) is 54.4 Å². The highest BCUT2D eigenvalue weighted by Gasteiger charge is 2.25. The van der Waals surface area contributed by atoms with Crippen molar-refractivity contribution in [1.29, 1.82) is 0 Å². The van der Waals surface area contributed by atoms with Gasteiger partial charge in [-0.25, -0.2) is 0 Å². The summed E-state index contributed by atoms with van der Waals surface area (Å²) in [4.78, 5) is 23.8. The van der Waals surface area contributed by atoms with Gasteiger partial charge in [0.05, 0.1) is 5.92 Å². The molecule has 0 aliphatic heterocycles. The van der Waals surface area contributed by atoms with E-state index in [-0.39, 0.29) is 11.7 Å². The minimum absolute atomic E-state index is 0.103. The number of rotatable bonds is 5. The summed E-state index contributed by atoms with van der Waals surface area (Å²) >= 11 is 0. The molecule has 0 bridgehead atoms. The second-order valence-electron chi connectivity index (χ2n) is 6.58. The molecule has 3 heteroatoms. The zero-order valence-electron chi connectivity index (χ0n) is 14.3. The van der Waals surface area contributed by atoms with Crippen molar-refractivity contribution in [2.75, 3.05) is 0 Å². The molecule has 1 saturated carbocycles. The summed E-state index contributed by atoms with van der Waals surface area (Å²) in [6.07, 6.45) is 6.05. The maximum atomic E-state index is 12.8. The number of Topliss-reactive ketones (excluding diaryl/α,β-unsaturated/α-hetero) is 1. The lowest BCUT2D eigenvalue weighted by atomic mass is 9.81. The van der Waals surface area contributed by atoms with Crippen molar-refractivity contribution in [3.05, 3.63) is 46.5 Å². The predicted octanol–water partition coefficient (Wildman–Crippen LogP) is 4.58. The Balaban J connectivity index is 2.11. The van der Waals surface area contributed by atoms with E-state index in [1.165, 1.54) is 0 Å². The third-order valence-corrected chi connectivity index (χ3v) is 4.97. The highest BCUT2D eigenvalue weighted by molar-refractivity contribution is 6.09. The van der Waals surface area contributed by atoms with Gasteiger partial charge in [0, 0.05) is 5.56 Å². The summed E-state index contributed by atoms with van der Waals surface area (Å²) in [7, 11) is 0. The Hall–Kier alpha value is -1.90. The Labute approximate surface area is 138 Å². The Morgan fingerprint density at radius 3 is 2.43 bits per heavy atom. The zero-order valence-corrected chi connectivity index (χ0v) is 14.3. The summed E-state index contributed by atoms with van der Waals surface area (Å²) < 4.78 is 0. The standard InChI is InChI=1S/C20H26O3/c1-4-17-13(2)6-5-7-18(17)19(21)14(3)12-15-8-10-16(11-9-15)20(22)23/h5-7,12,15-16H,4,8-11H2,1-3H3,(H,22,23)/b14-12-. The van der Waals surface area contributed by atoms with Gasteiger partial charge in [0.15, 0.2) is 5.78 Å². The fourth-order valence-corrected chi connectivity index (χ4v) is 3.56. The van der Waals surface area contributed by atoms with Crippen molar-refractivity contribution in [3.63, 3.8) is 0 Å². The van der Waals surface area contributed by atoms with Gasteiger partial charge in [-0.3, -0.25) is 9.59 Å². The molecule has 0 radical (unpaired) electrons. The van der Waals surface area contributed by atoms with Crippen LogP contribution in [-0.2, 0) is 11.2 Å². The highest BCUT2D eigenvalue weighted by atomic mass is 16.4. The molecular formula is C20H26O3. The van der Waals surface area contributed by atoms with Crippen molar-refractivity contribution in [2.24, 2.45) is 11.8 Å². The molecule has 124 valence electrons. The van der Waals surface area contributed by atoms with Crippen molar-refractivity contribution in [3.8, 4) is 0 Å². The first-order valence-corrected chi connectivity index (χ1v) is 8.48. The smallest absolute Gasteiger partial charge is 0.306 e. The van der Waals surface area contributed by atoms with E-state index in [1.807, 2.05) is 32.0 Å². The number of aliphatic carboxylic acids is 1. The van der Waals surface area contributed by atoms with E-state index in [0.29, 0.717) is 18.8 Å². The van der Waals surface area contributed by atoms with Crippen LogP contribution in [0.1, 0.15) is 61.0 Å². The molecule has 2 rings (SSSR count). The van der Waals surface area contributed by atoms with Crippen LogP contribution in [0.4, 0.5) is 0 Å². The fraction of sp³-hybridized carbons (Fsp3) is 0.500. The van der Waals surface area contributed by atoms with Gasteiger partial charge >= 0.3 is 5.97 Å². The van der Waals surface area contributed by atoms with Crippen molar-refractivity contribution in [1.82, 2.24) is 0 Å². The minimum atomic E-state index is -0.687. The SMILES string of the molecule is CCc1c(C)cccc1C(=O)/C(C)=C\C1CCC(C(=O)O)CC1. The van der Waals surface area contributed by atoms with E-state index in [4.69, 9.17) is 5.11 Å². The van der Waals surface area contributed by atoms with Gasteiger partial charge < -0.3 is 5.11 Å². The van der Waals surface area contributed by atoms with Gasteiger partial charge in [-0.2, -0.15) is 0 Å². The molecule has 1 aromatic carbocycles. The average molecular weight is 314 g/mol. The number of aryl methyl sites for hydroxylation is 1. The Morgan fingerprint density at radius 2 is 1.87 bits per heavy atom. The van der Waals surface area contributed by atoms with E-state index in [9.17, 15) is 9.59 Å². The lowest BCUT2D eigenvalue weighted by Crippen LogP contribution is -2.21. The summed E-state index contributed by atoms with van der Waals surface area (Å²) in [6.45, 7) is 6.00. The Kier molecular flexibility index (Phi) is 5.75. The van der Waals surface area contributed by atoms with E-state index in [1.54, 1.807) is 0 Å². The van der Waals surface area contributed by atoms with Crippen LogP contribution < -0.4 is 0 Å². The summed E-state index contributed by atoms with van der Waals surface area (Å²) in [5.41, 5.74) is 3.87. The molecular weight excluding hydrogens is 288 g/mol. The van der Waals surface area contributed by atoms with Gasteiger partial charge in [-0.05, 0) is 68.6 Å². The van der Waals surface area contributed by atoms with Crippen LogP contribution in [0.3, 0.4) is 0 Å². The lowest BCUT2D eigenvalue weighted by Gasteiger charge is -2.24. The van der Waals surface area contributed by atoms with Crippen LogP contribution >= 0.6 is 0 Å². The minimum Gasteiger partial charge on any atom is -0.481 e. The van der Waals surface area contributed by atoms with Gasteiger partial charge in [-0.1, -0.05) is 31.2 Å². The van der Waals surface area contributed by atoms with Gasteiger partial charge in [0.25, 0.3) is 0 Å². The molecule has 0 heterocycles. The average Bonchev–Trinajstić information content (AvgIpc) is 2.54. The number of allylic oxidation sites excluding steroid dienone is 2. The summed E-state index contributed by atoms with van der Waals surface area (Å²) in [5.74, 6) is -0.470. The van der Waals surface area contributed by atoms with Crippen LogP contribution in [0.5, 0.6) is 0 Å². The number of ketones is 1. The molecule has 1 aromatic rings. The van der Waals surface area contributed by atoms with Crippen LogP contribution in [0.15, 0.2) is 29.8 Å². The molecule has 0 aromatic heterocycles. The first-order chi connectivity index (χ1) is 10.9. The van der Waals surface area contributed by atoms with Crippen molar-refractivity contribution in [2.45, 2.75) is 52.9 Å². The van der Waals surface area contributed by atoms with E-state index in [2.05, 4.69) is 13.0 Å². The Bertz CT molecular complexity index is 620. The Morgan fingerprint density at radius 1 is 1.22 bits per heavy atom. The molecule has 1 fully saturated rings. The van der Waals surface area contributed by atoms with Crippen LogP contribution in [0.25, 0.3) is 0 Å². The fourth-order valence-electron chi connectivity index (χ4n) is 3.56. The second-order valence-corrected chi connectivity index (χ2v) is 6.58. The molecule has 0 atom stereocenters. The van der Waals surface area contributed by atoms with Gasteiger partial charge in [-0.15, -0.1) is 0 Å². The molecule has 0 unspecified atom stereocenters. The number of carbonyl (C=O) groups is 2. The molecule has 0 spiro atoms.